The summed E-state index contributed by atoms with van der Waals surface area (Å²) in [6.07, 6.45) is 0. The van der Waals surface area contributed by atoms with Crippen LogP contribution in [-0.2, 0) is 10.0 Å². The van der Waals surface area contributed by atoms with E-state index in [0.717, 1.165) is 0 Å². The van der Waals surface area contributed by atoms with E-state index in [4.69, 9.17) is 21.1 Å². The lowest BCUT2D eigenvalue weighted by atomic mass is 9.98. The van der Waals surface area contributed by atoms with E-state index >= 15 is 0 Å². The molecule has 3 aromatic rings. The van der Waals surface area contributed by atoms with Crippen LogP contribution in [0.4, 0.5) is 0 Å². The van der Waals surface area contributed by atoms with Gasteiger partial charge in [-0.05, 0) is 29.8 Å². The molecule has 0 aliphatic carbocycles. The van der Waals surface area contributed by atoms with Crippen LogP contribution in [0.1, 0.15) is 17.2 Å². The first-order valence-electron chi connectivity index (χ1n) is 8.40. The van der Waals surface area contributed by atoms with E-state index in [1.165, 1.54) is 18.2 Å². The number of rotatable bonds is 5. The highest BCUT2D eigenvalue weighted by Gasteiger charge is 2.29. The SMILES string of the molecule is O=S(=O)(NC(c1cc2c(cc1O)OCO2)c1ccccc1Cl)c1ccccc1. The van der Waals surface area contributed by atoms with Crippen molar-refractivity contribution in [1.82, 2.24) is 4.72 Å². The van der Waals surface area contributed by atoms with Crippen molar-refractivity contribution in [3.63, 3.8) is 0 Å². The summed E-state index contributed by atoms with van der Waals surface area (Å²) in [7, 11) is -3.90. The zero-order valence-electron chi connectivity index (χ0n) is 14.5. The second-order valence-electron chi connectivity index (χ2n) is 6.15. The Hall–Kier alpha value is -2.74. The first-order chi connectivity index (χ1) is 13.5. The Morgan fingerprint density at radius 1 is 0.929 bits per heavy atom. The number of phenols is 1. The number of ether oxygens (including phenoxy) is 2. The molecule has 1 atom stereocenters. The molecule has 0 spiro atoms. The smallest absolute Gasteiger partial charge is 0.241 e. The van der Waals surface area contributed by atoms with Gasteiger partial charge in [0.1, 0.15) is 5.75 Å². The molecular formula is C20H16ClNO5S. The van der Waals surface area contributed by atoms with Crippen molar-refractivity contribution in [3.05, 3.63) is 82.9 Å². The minimum Gasteiger partial charge on any atom is -0.507 e. The maximum absolute atomic E-state index is 13.0. The largest absolute Gasteiger partial charge is 0.507 e. The molecule has 28 heavy (non-hydrogen) atoms. The van der Waals surface area contributed by atoms with Gasteiger partial charge in [0.15, 0.2) is 11.5 Å². The van der Waals surface area contributed by atoms with Gasteiger partial charge in [-0.1, -0.05) is 48.0 Å². The summed E-state index contributed by atoms with van der Waals surface area (Å²) < 4.78 is 39.2. The van der Waals surface area contributed by atoms with Gasteiger partial charge in [0, 0.05) is 16.7 Å². The van der Waals surface area contributed by atoms with Gasteiger partial charge in [0.25, 0.3) is 0 Å². The van der Waals surface area contributed by atoms with E-state index in [1.807, 2.05) is 0 Å². The molecule has 0 radical (unpaired) electrons. The predicted octanol–water partition coefficient (Wildman–Crippen LogP) is 3.84. The van der Waals surface area contributed by atoms with Crippen molar-refractivity contribution >= 4 is 21.6 Å². The van der Waals surface area contributed by atoms with Crippen LogP contribution in [0.5, 0.6) is 17.2 Å². The fourth-order valence-corrected chi connectivity index (χ4v) is 4.47. The molecule has 144 valence electrons. The Kier molecular flexibility index (Phi) is 4.89. The van der Waals surface area contributed by atoms with Crippen LogP contribution in [0.3, 0.4) is 0 Å². The van der Waals surface area contributed by atoms with E-state index in [2.05, 4.69) is 4.72 Å². The molecule has 0 amide bonds. The Morgan fingerprint density at radius 2 is 1.57 bits per heavy atom. The summed E-state index contributed by atoms with van der Waals surface area (Å²) >= 11 is 6.34. The number of hydrogen-bond acceptors (Lipinski definition) is 5. The average molecular weight is 418 g/mol. The molecule has 4 rings (SSSR count). The van der Waals surface area contributed by atoms with E-state index in [9.17, 15) is 13.5 Å². The molecule has 0 saturated carbocycles. The van der Waals surface area contributed by atoms with E-state index < -0.39 is 16.1 Å². The Morgan fingerprint density at radius 3 is 2.29 bits per heavy atom. The third kappa shape index (κ3) is 3.52. The molecule has 8 heteroatoms. The van der Waals surface area contributed by atoms with E-state index in [-0.39, 0.29) is 17.4 Å². The summed E-state index contributed by atoms with van der Waals surface area (Å²) in [5.41, 5.74) is 0.801. The van der Waals surface area contributed by atoms with Crippen molar-refractivity contribution in [3.8, 4) is 17.2 Å². The lowest BCUT2D eigenvalue weighted by Gasteiger charge is -2.22. The highest BCUT2D eigenvalue weighted by Crippen LogP contribution is 2.42. The van der Waals surface area contributed by atoms with E-state index in [0.29, 0.717) is 27.6 Å². The fraction of sp³-hybridized carbons (Fsp3) is 0.100. The van der Waals surface area contributed by atoms with E-state index in [1.54, 1.807) is 48.5 Å². The van der Waals surface area contributed by atoms with Gasteiger partial charge in [0.05, 0.1) is 10.9 Å². The number of aromatic hydroxyl groups is 1. The lowest BCUT2D eigenvalue weighted by Crippen LogP contribution is -2.29. The van der Waals surface area contributed by atoms with Gasteiger partial charge in [-0.3, -0.25) is 0 Å². The monoisotopic (exact) mass is 417 g/mol. The van der Waals surface area contributed by atoms with Gasteiger partial charge < -0.3 is 14.6 Å². The summed E-state index contributed by atoms with van der Waals surface area (Å²) in [4.78, 5) is 0.104. The highest BCUT2D eigenvalue weighted by molar-refractivity contribution is 7.89. The number of phenolic OH excluding ortho intramolecular Hbond substituents is 1. The van der Waals surface area contributed by atoms with Crippen LogP contribution < -0.4 is 14.2 Å². The summed E-state index contributed by atoms with van der Waals surface area (Å²) in [5.74, 6) is 0.679. The van der Waals surface area contributed by atoms with Gasteiger partial charge in [0.2, 0.25) is 16.8 Å². The van der Waals surface area contributed by atoms with Crippen LogP contribution in [0.25, 0.3) is 0 Å². The second kappa shape index (κ2) is 7.35. The molecule has 0 bridgehead atoms. The minimum atomic E-state index is -3.90. The third-order valence-electron chi connectivity index (χ3n) is 4.38. The Balaban J connectivity index is 1.84. The zero-order chi connectivity index (χ0) is 19.7. The summed E-state index contributed by atoms with van der Waals surface area (Å²) in [6, 6.07) is 16.9. The fourth-order valence-electron chi connectivity index (χ4n) is 3.00. The van der Waals surface area contributed by atoms with Crippen LogP contribution in [0.15, 0.2) is 71.6 Å². The number of nitrogens with one attached hydrogen (secondary N) is 1. The number of fused-ring (bicyclic) bond motifs is 1. The van der Waals surface area contributed by atoms with Gasteiger partial charge >= 0.3 is 0 Å². The van der Waals surface area contributed by atoms with Crippen LogP contribution in [-0.4, -0.2) is 20.3 Å². The Bertz CT molecular complexity index is 1120. The Labute approximate surface area is 167 Å². The summed E-state index contributed by atoms with van der Waals surface area (Å²) in [6.45, 7) is 0.0325. The molecule has 0 fully saturated rings. The van der Waals surface area contributed by atoms with Gasteiger partial charge in [-0.25, -0.2) is 8.42 Å². The number of benzene rings is 3. The van der Waals surface area contributed by atoms with Gasteiger partial charge in [-0.2, -0.15) is 4.72 Å². The molecular weight excluding hydrogens is 402 g/mol. The number of sulfonamides is 1. The van der Waals surface area contributed by atoms with Crippen LogP contribution >= 0.6 is 11.6 Å². The number of halogens is 1. The van der Waals surface area contributed by atoms with Crippen LogP contribution in [0.2, 0.25) is 5.02 Å². The maximum Gasteiger partial charge on any atom is 0.241 e. The minimum absolute atomic E-state index is 0.0325. The van der Waals surface area contributed by atoms with Crippen molar-refractivity contribution in [2.45, 2.75) is 10.9 Å². The molecule has 1 unspecified atom stereocenters. The quantitative estimate of drug-likeness (QED) is 0.658. The van der Waals surface area contributed by atoms with Crippen molar-refractivity contribution in [1.29, 1.82) is 0 Å². The van der Waals surface area contributed by atoms with Crippen molar-refractivity contribution in [2.75, 3.05) is 6.79 Å². The van der Waals surface area contributed by atoms with Crippen molar-refractivity contribution < 1.29 is 23.0 Å². The first kappa shape index (κ1) is 18.6. The molecule has 1 aliphatic heterocycles. The normalized spacial score (nSPS) is 14.0. The standard InChI is InChI=1S/C20H16ClNO5S/c21-16-9-5-4-8-14(16)20(22-28(24,25)13-6-2-1-3-7-13)15-10-18-19(11-17(15)23)27-12-26-18/h1-11,20,22-23H,12H2. The second-order valence-corrected chi connectivity index (χ2v) is 8.27. The molecule has 3 aromatic carbocycles. The first-order valence-corrected chi connectivity index (χ1v) is 10.3. The van der Waals surface area contributed by atoms with Gasteiger partial charge in [-0.15, -0.1) is 0 Å². The number of hydrogen-bond donors (Lipinski definition) is 2. The maximum atomic E-state index is 13.0. The lowest BCUT2D eigenvalue weighted by molar-refractivity contribution is 0.174. The third-order valence-corrected chi connectivity index (χ3v) is 6.16. The molecule has 1 aliphatic rings. The molecule has 2 N–H and O–H groups in total. The topological polar surface area (TPSA) is 84.9 Å². The molecule has 0 saturated heterocycles. The molecule has 1 heterocycles. The predicted molar refractivity (Wildman–Crippen MR) is 104 cm³/mol. The molecule has 6 nitrogen and oxygen atoms in total. The molecule has 0 aromatic heterocycles. The van der Waals surface area contributed by atoms with Crippen LogP contribution in [0, 0.1) is 0 Å². The highest BCUT2D eigenvalue weighted by atomic mass is 35.5. The average Bonchev–Trinajstić information content (AvgIpc) is 3.14. The summed E-state index contributed by atoms with van der Waals surface area (Å²) in [5, 5.41) is 10.9. The zero-order valence-corrected chi connectivity index (χ0v) is 16.1. The van der Waals surface area contributed by atoms with Crippen molar-refractivity contribution in [2.24, 2.45) is 0 Å².